The molecule has 4 nitrogen and oxygen atoms in total. The Labute approximate surface area is 156 Å². The van der Waals surface area contributed by atoms with Gasteiger partial charge >= 0.3 is 11.9 Å². The first-order valence-corrected chi connectivity index (χ1v) is 11.4. The minimum atomic E-state index is -0.0829. The highest BCUT2D eigenvalue weighted by molar-refractivity contribution is 7.99. The van der Waals surface area contributed by atoms with Gasteiger partial charge in [-0.3, -0.25) is 9.59 Å². The van der Waals surface area contributed by atoms with Crippen molar-refractivity contribution in [3.05, 3.63) is 0 Å². The second-order valence-electron chi connectivity index (χ2n) is 7.32. The van der Waals surface area contributed by atoms with Crippen molar-refractivity contribution in [3.63, 3.8) is 0 Å². The van der Waals surface area contributed by atoms with E-state index in [4.69, 9.17) is 9.47 Å². The Morgan fingerprint density at radius 2 is 1.00 bits per heavy atom. The van der Waals surface area contributed by atoms with Crippen molar-refractivity contribution in [2.45, 2.75) is 102 Å². The van der Waals surface area contributed by atoms with Gasteiger partial charge in [-0.1, -0.05) is 25.7 Å². The van der Waals surface area contributed by atoms with E-state index in [1.807, 2.05) is 0 Å². The minimum absolute atomic E-state index is 0.0829. The van der Waals surface area contributed by atoms with Gasteiger partial charge in [-0.2, -0.15) is 11.8 Å². The summed E-state index contributed by atoms with van der Waals surface area (Å²) in [5, 5.41) is 0. The van der Waals surface area contributed by atoms with Crippen LogP contribution in [0.25, 0.3) is 0 Å². The molecule has 0 spiro atoms. The van der Waals surface area contributed by atoms with Crippen LogP contribution in [0, 0.1) is 0 Å². The molecule has 0 saturated heterocycles. The SMILES string of the molecule is O=C(CCSCCC(=O)OC1CCCCCC1)OC1CCCCCC1. The molecule has 0 unspecified atom stereocenters. The summed E-state index contributed by atoms with van der Waals surface area (Å²) < 4.78 is 11.1. The molecule has 0 radical (unpaired) electrons. The molecule has 0 bridgehead atoms. The van der Waals surface area contributed by atoms with Crippen molar-refractivity contribution in [2.24, 2.45) is 0 Å². The molecule has 0 aliphatic heterocycles. The highest BCUT2D eigenvalue weighted by Crippen LogP contribution is 2.21. The molecule has 0 atom stereocenters. The van der Waals surface area contributed by atoms with Crippen molar-refractivity contribution in [1.82, 2.24) is 0 Å². The van der Waals surface area contributed by atoms with Gasteiger partial charge in [0.05, 0.1) is 12.8 Å². The first kappa shape index (κ1) is 20.6. The monoisotopic (exact) mass is 370 g/mol. The highest BCUT2D eigenvalue weighted by atomic mass is 32.2. The van der Waals surface area contributed by atoms with Gasteiger partial charge in [0.25, 0.3) is 0 Å². The fourth-order valence-electron chi connectivity index (χ4n) is 3.62. The summed E-state index contributed by atoms with van der Waals surface area (Å²) in [7, 11) is 0. The molecular weight excluding hydrogens is 336 g/mol. The topological polar surface area (TPSA) is 52.6 Å². The largest absolute Gasteiger partial charge is 0.462 e. The van der Waals surface area contributed by atoms with Crippen molar-refractivity contribution in [2.75, 3.05) is 11.5 Å². The van der Waals surface area contributed by atoms with Gasteiger partial charge in [-0.15, -0.1) is 0 Å². The number of hydrogen-bond acceptors (Lipinski definition) is 5. The molecule has 2 fully saturated rings. The van der Waals surface area contributed by atoms with Crippen LogP contribution >= 0.6 is 11.8 Å². The van der Waals surface area contributed by atoms with Crippen LogP contribution in [0.5, 0.6) is 0 Å². The molecule has 0 amide bonds. The normalized spacial score (nSPS) is 20.5. The number of ether oxygens (including phenoxy) is 2. The Kier molecular flexibility index (Phi) is 10.4. The summed E-state index contributed by atoms with van der Waals surface area (Å²) >= 11 is 1.64. The molecule has 2 rings (SSSR count). The quantitative estimate of drug-likeness (QED) is 0.341. The van der Waals surface area contributed by atoms with Gasteiger partial charge in [0, 0.05) is 11.5 Å². The van der Waals surface area contributed by atoms with Crippen molar-refractivity contribution >= 4 is 23.7 Å². The number of rotatable bonds is 8. The van der Waals surface area contributed by atoms with Crippen LogP contribution in [0.1, 0.15) is 89.9 Å². The Balaban J connectivity index is 1.47. The fourth-order valence-corrected chi connectivity index (χ4v) is 4.45. The van der Waals surface area contributed by atoms with Crippen molar-refractivity contribution in [3.8, 4) is 0 Å². The molecule has 25 heavy (non-hydrogen) atoms. The summed E-state index contributed by atoms with van der Waals surface area (Å²) in [6, 6.07) is 0. The average molecular weight is 371 g/mol. The summed E-state index contributed by atoms with van der Waals surface area (Å²) in [6.45, 7) is 0. The van der Waals surface area contributed by atoms with Gasteiger partial charge in [0.1, 0.15) is 12.2 Å². The van der Waals surface area contributed by atoms with E-state index in [1.54, 1.807) is 11.8 Å². The lowest BCUT2D eigenvalue weighted by Gasteiger charge is -2.15. The second kappa shape index (κ2) is 12.6. The van der Waals surface area contributed by atoms with Crippen LogP contribution in [0.2, 0.25) is 0 Å². The third kappa shape index (κ3) is 9.53. The molecule has 0 aromatic carbocycles. The van der Waals surface area contributed by atoms with Crippen LogP contribution in [0.15, 0.2) is 0 Å². The lowest BCUT2D eigenvalue weighted by atomic mass is 10.1. The number of carbonyl (C=O) groups is 2. The van der Waals surface area contributed by atoms with Gasteiger partial charge in [-0.05, 0) is 51.4 Å². The van der Waals surface area contributed by atoms with E-state index in [0.29, 0.717) is 12.8 Å². The lowest BCUT2D eigenvalue weighted by Crippen LogP contribution is -2.18. The van der Waals surface area contributed by atoms with E-state index < -0.39 is 0 Å². The van der Waals surface area contributed by atoms with E-state index in [2.05, 4.69) is 0 Å². The van der Waals surface area contributed by atoms with Crippen LogP contribution < -0.4 is 0 Å². The van der Waals surface area contributed by atoms with E-state index in [1.165, 1.54) is 51.4 Å². The maximum Gasteiger partial charge on any atom is 0.306 e. The zero-order chi connectivity index (χ0) is 17.7. The summed E-state index contributed by atoms with van der Waals surface area (Å²) in [4.78, 5) is 23.8. The number of hydrogen-bond donors (Lipinski definition) is 0. The highest BCUT2D eigenvalue weighted by Gasteiger charge is 2.17. The number of thioether (sulfide) groups is 1. The minimum Gasteiger partial charge on any atom is -0.462 e. The van der Waals surface area contributed by atoms with E-state index in [9.17, 15) is 9.59 Å². The van der Waals surface area contributed by atoms with Gasteiger partial charge in [0.15, 0.2) is 0 Å². The third-order valence-corrected chi connectivity index (χ3v) is 6.09. The maximum absolute atomic E-state index is 11.9. The zero-order valence-electron chi connectivity index (χ0n) is 15.5. The molecule has 2 aliphatic carbocycles. The van der Waals surface area contributed by atoms with Gasteiger partial charge in [-0.25, -0.2) is 0 Å². The smallest absolute Gasteiger partial charge is 0.306 e. The van der Waals surface area contributed by atoms with Crippen molar-refractivity contribution in [1.29, 1.82) is 0 Å². The standard InChI is InChI=1S/C20H34O4S/c21-19(23-17-9-5-1-2-6-10-17)13-15-25-16-14-20(22)24-18-11-7-3-4-8-12-18/h17-18H,1-16H2. The van der Waals surface area contributed by atoms with Crippen LogP contribution in [-0.2, 0) is 19.1 Å². The van der Waals surface area contributed by atoms with Crippen LogP contribution in [0.4, 0.5) is 0 Å². The van der Waals surface area contributed by atoms with Crippen LogP contribution in [0.3, 0.4) is 0 Å². The van der Waals surface area contributed by atoms with E-state index in [-0.39, 0.29) is 24.1 Å². The summed E-state index contributed by atoms with van der Waals surface area (Å²) in [5.41, 5.74) is 0. The predicted molar refractivity (Wildman–Crippen MR) is 102 cm³/mol. The zero-order valence-corrected chi connectivity index (χ0v) is 16.3. The predicted octanol–water partition coefficient (Wildman–Crippen LogP) is 5.03. The molecule has 2 aliphatic rings. The molecule has 0 aromatic rings. The summed E-state index contributed by atoms with van der Waals surface area (Å²) in [6.07, 6.45) is 15.0. The van der Waals surface area contributed by atoms with E-state index in [0.717, 1.165) is 37.2 Å². The Morgan fingerprint density at radius 1 is 0.640 bits per heavy atom. The molecule has 0 heterocycles. The molecule has 0 aromatic heterocycles. The average Bonchev–Trinajstić information content (AvgIpc) is 2.99. The molecule has 2 saturated carbocycles. The number of esters is 2. The van der Waals surface area contributed by atoms with Crippen LogP contribution in [-0.4, -0.2) is 35.7 Å². The summed E-state index contributed by atoms with van der Waals surface area (Å²) in [5.74, 6) is 1.28. The number of carbonyl (C=O) groups excluding carboxylic acids is 2. The fraction of sp³-hybridized carbons (Fsp3) is 0.900. The molecule has 5 heteroatoms. The Bertz CT molecular complexity index is 347. The van der Waals surface area contributed by atoms with Crippen molar-refractivity contribution < 1.29 is 19.1 Å². The Hall–Kier alpha value is -0.710. The Morgan fingerprint density at radius 3 is 1.36 bits per heavy atom. The maximum atomic E-state index is 11.9. The first-order chi connectivity index (χ1) is 12.2. The second-order valence-corrected chi connectivity index (χ2v) is 8.54. The van der Waals surface area contributed by atoms with Gasteiger partial charge in [0.2, 0.25) is 0 Å². The van der Waals surface area contributed by atoms with Gasteiger partial charge < -0.3 is 9.47 Å². The molecule has 0 N–H and O–H groups in total. The van der Waals surface area contributed by atoms with E-state index >= 15 is 0 Å². The lowest BCUT2D eigenvalue weighted by molar-refractivity contribution is -0.150. The first-order valence-electron chi connectivity index (χ1n) is 10.2. The molecular formula is C20H34O4S. The third-order valence-electron chi connectivity index (χ3n) is 5.10. The molecule has 144 valence electrons.